The summed E-state index contributed by atoms with van der Waals surface area (Å²) in [4.78, 5) is 25.2. The number of rotatable bonds is 9. The number of aryl methyl sites for hydroxylation is 1. The summed E-state index contributed by atoms with van der Waals surface area (Å²) < 4.78 is 21.7. The molecule has 4 aromatic rings. The zero-order chi connectivity index (χ0) is 26.2. The number of benzene rings is 4. The lowest BCUT2D eigenvalue weighted by atomic mass is 10.0. The molecule has 1 N–H and O–H groups in total. The molecule has 4 aromatic carbocycles. The van der Waals surface area contributed by atoms with Crippen LogP contribution in [0.3, 0.4) is 0 Å². The van der Waals surface area contributed by atoms with E-state index in [0.717, 1.165) is 16.3 Å². The number of hydrogen-bond donors (Lipinski definition) is 1. The maximum absolute atomic E-state index is 12.9. The molecule has 0 aliphatic rings. The third kappa shape index (κ3) is 6.24. The normalized spacial score (nSPS) is 10.8. The van der Waals surface area contributed by atoms with Gasteiger partial charge >= 0.3 is 5.97 Å². The van der Waals surface area contributed by atoms with E-state index in [2.05, 4.69) is 10.5 Å². The molecule has 8 nitrogen and oxygen atoms in total. The van der Waals surface area contributed by atoms with Crippen molar-refractivity contribution in [1.82, 2.24) is 5.43 Å². The minimum atomic E-state index is -0.582. The van der Waals surface area contributed by atoms with Crippen LogP contribution < -0.4 is 24.4 Å². The molecule has 0 radical (unpaired) electrons. The van der Waals surface area contributed by atoms with E-state index < -0.39 is 11.9 Å². The summed E-state index contributed by atoms with van der Waals surface area (Å²) in [6.45, 7) is 1.77. The van der Waals surface area contributed by atoms with E-state index in [4.69, 9.17) is 18.9 Å². The Balaban J connectivity index is 1.52. The summed E-state index contributed by atoms with van der Waals surface area (Å²) in [6.07, 6.45) is 1.45. The van der Waals surface area contributed by atoms with Crippen LogP contribution >= 0.6 is 0 Å². The molecule has 0 aromatic heterocycles. The second-order valence-electron chi connectivity index (χ2n) is 8.05. The van der Waals surface area contributed by atoms with Crippen LogP contribution in [-0.4, -0.2) is 38.9 Å². The molecular formula is C29H26N2O6. The average molecular weight is 499 g/mol. The number of hydrogen-bond acceptors (Lipinski definition) is 7. The third-order valence-corrected chi connectivity index (χ3v) is 5.53. The molecule has 37 heavy (non-hydrogen) atoms. The molecule has 4 rings (SSSR count). The number of nitrogens with zero attached hydrogens (tertiary/aromatic N) is 1. The van der Waals surface area contributed by atoms with Crippen molar-refractivity contribution in [1.29, 1.82) is 0 Å². The van der Waals surface area contributed by atoms with Crippen LogP contribution in [0.4, 0.5) is 0 Å². The molecule has 188 valence electrons. The van der Waals surface area contributed by atoms with E-state index >= 15 is 0 Å². The number of esters is 1. The number of carbonyl (C=O) groups is 2. The van der Waals surface area contributed by atoms with Crippen molar-refractivity contribution in [2.75, 3.05) is 20.8 Å². The van der Waals surface area contributed by atoms with Gasteiger partial charge in [0.2, 0.25) is 0 Å². The fraction of sp³-hybridized carbons (Fsp3) is 0.138. The molecule has 0 fully saturated rings. The Morgan fingerprint density at radius 2 is 1.59 bits per heavy atom. The molecule has 0 unspecified atom stereocenters. The molecule has 0 saturated heterocycles. The Hall–Kier alpha value is -4.85. The molecule has 0 aliphatic carbocycles. The lowest BCUT2D eigenvalue weighted by Crippen LogP contribution is -2.24. The van der Waals surface area contributed by atoms with Gasteiger partial charge in [0.15, 0.2) is 18.1 Å². The van der Waals surface area contributed by atoms with Crippen LogP contribution in [0, 0.1) is 6.92 Å². The Bertz CT molecular complexity index is 1450. The molecule has 0 aliphatic heterocycles. The summed E-state index contributed by atoms with van der Waals surface area (Å²) in [5, 5.41) is 5.80. The second-order valence-corrected chi connectivity index (χ2v) is 8.05. The van der Waals surface area contributed by atoms with Gasteiger partial charge in [-0.3, -0.25) is 4.79 Å². The average Bonchev–Trinajstić information content (AvgIpc) is 2.93. The molecule has 1 amide bonds. The van der Waals surface area contributed by atoms with E-state index in [0.29, 0.717) is 22.8 Å². The van der Waals surface area contributed by atoms with Crippen LogP contribution in [0.1, 0.15) is 21.5 Å². The molecule has 8 heteroatoms. The highest BCUT2D eigenvalue weighted by Crippen LogP contribution is 2.30. The summed E-state index contributed by atoms with van der Waals surface area (Å²) in [5.41, 5.74) is 4.37. The second kappa shape index (κ2) is 11.7. The topological polar surface area (TPSA) is 95.5 Å². The van der Waals surface area contributed by atoms with Crippen LogP contribution in [0.25, 0.3) is 10.8 Å². The lowest BCUT2D eigenvalue weighted by molar-refractivity contribution is -0.123. The summed E-state index contributed by atoms with van der Waals surface area (Å²) in [6, 6.07) is 23.3. The first kappa shape index (κ1) is 25.2. The molecular weight excluding hydrogens is 472 g/mol. The highest BCUT2D eigenvalue weighted by Gasteiger charge is 2.16. The molecule has 0 bridgehead atoms. The van der Waals surface area contributed by atoms with Crippen molar-refractivity contribution in [3.63, 3.8) is 0 Å². The van der Waals surface area contributed by atoms with Crippen molar-refractivity contribution in [2.24, 2.45) is 5.10 Å². The smallest absolute Gasteiger partial charge is 0.343 e. The number of hydrazone groups is 1. The maximum atomic E-state index is 12.9. The van der Waals surface area contributed by atoms with Crippen molar-refractivity contribution >= 4 is 28.9 Å². The number of carbonyl (C=O) groups excluding carboxylic acids is 2. The van der Waals surface area contributed by atoms with Gasteiger partial charge in [-0.2, -0.15) is 5.10 Å². The molecule has 0 heterocycles. The fourth-order valence-corrected chi connectivity index (χ4v) is 3.60. The number of fused-ring (bicyclic) bond motifs is 1. The SMILES string of the molecule is COc1ccc(C(=O)Oc2ccc3ccccc3c2/C=N/NC(=O)COc2ccc(C)cc2)cc1OC. The fourth-order valence-electron chi connectivity index (χ4n) is 3.60. The van der Waals surface area contributed by atoms with E-state index in [1.807, 2.05) is 49.4 Å². The number of amides is 1. The minimum Gasteiger partial charge on any atom is -0.493 e. The monoisotopic (exact) mass is 498 g/mol. The highest BCUT2D eigenvalue weighted by molar-refractivity contribution is 6.04. The van der Waals surface area contributed by atoms with Gasteiger partial charge in [0.05, 0.1) is 26.0 Å². The Morgan fingerprint density at radius 1 is 0.865 bits per heavy atom. The van der Waals surface area contributed by atoms with Crippen LogP contribution in [0.2, 0.25) is 0 Å². The first-order chi connectivity index (χ1) is 18.0. The predicted molar refractivity (Wildman–Crippen MR) is 141 cm³/mol. The minimum absolute atomic E-state index is 0.197. The van der Waals surface area contributed by atoms with E-state index in [-0.39, 0.29) is 17.9 Å². The first-order valence-corrected chi connectivity index (χ1v) is 11.5. The van der Waals surface area contributed by atoms with Gasteiger partial charge in [0, 0.05) is 5.56 Å². The summed E-state index contributed by atoms with van der Waals surface area (Å²) in [5.74, 6) is 0.769. The Kier molecular flexibility index (Phi) is 8.00. The number of ether oxygens (including phenoxy) is 4. The number of nitrogens with one attached hydrogen (secondary N) is 1. The van der Waals surface area contributed by atoms with Crippen molar-refractivity contribution in [3.05, 3.63) is 95.6 Å². The first-order valence-electron chi connectivity index (χ1n) is 11.5. The summed E-state index contributed by atoms with van der Waals surface area (Å²) >= 11 is 0. The van der Waals surface area contributed by atoms with Gasteiger partial charge in [0.25, 0.3) is 5.91 Å². The van der Waals surface area contributed by atoms with Gasteiger partial charge < -0.3 is 18.9 Å². The molecule has 0 spiro atoms. The van der Waals surface area contributed by atoms with Crippen molar-refractivity contribution < 1.29 is 28.5 Å². The molecule has 0 saturated carbocycles. The van der Waals surface area contributed by atoms with Gasteiger partial charge in [-0.15, -0.1) is 0 Å². The van der Waals surface area contributed by atoms with Gasteiger partial charge in [-0.1, -0.05) is 48.0 Å². The van der Waals surface area contributed by atoms with Crippen LogP contribution in [-0.2, 0) is 4.79 Å². The summed E-state index contributed by atoms with van der Waals surface area (Å²) in [7, 11) is 3.01. The van der Waals surface area contributed by atoms with Crippen molar-refractivity contribution in [2.45, 2.75) is 6.92 Å². The number of methoxy groups -OCH3 is 2. The Labute approximate surface area is 214 Å². The van der Waals surface area contributed by atoms with Gasteiger partial charge in [-0.25, -0.2) is 10.2 Å². The Morgan fingerprint density at radius 3 is 2.35 bits per heavy atom. The predicted octanol–water partition coefficient (Wildman–Crippen LogP) is 4.91. The van der Waals surface area contributed by atoms with Crippen LogP contribution in [0.15, 0.2) is 84.0 Å². The standard InChI is InChI=1S/C29H26N2O6/c1-19-8-12-22(13-9-19)36-18-28(32)31-30-17-24-23-7-5-4-6-20(23)10-14-25(24)37-29(33)21-11-15-26(34-2)27(16-21)35-3/h4-17H,18H2,1-3H3,(H,31,32)/b30-17+. The van der Waals surface area contributed by atoms with Gasteiger partial charge in [0.1, 0.15) is 11.5 Å². The van der Waals surface area contributed by atoms with E-state index in [1.54, 1.807) is 36.4 Å². The van der Waals surface area contributed by atoms with Crippen molar-refractivity contribution in [3.8, 4) is 23.0 Å². The maximum Gasteiger partial charge on any atom is 0.343 e. The molecule has 0 atom stereocenters. The third-order valence-electron chi connectivity index (χ3n) is 5.53. The largest absolute Gasteiger partial charge is 0.493 e. The van der Waals surface area contributed by atoms with Crippen LogP contribution in [0.5, 0.6) is 23.0 Å². The lowest BCUT2D eigenvalue weighted by Gasteiger charge is -2.12. The van der Waals surface area contributed by atoms with E-state index in [9.17, 15) is 9.59 Å². The van der Waals surface area contributed by atoms with E-state index in [1.165, 1.54) is 20.4 Å². The highest BCUT2D eigenvalue weighted by atomic mass is 16.5. The quantitative estimate of drug-likeness (QED) is 0.152. The van der Waals surface area contributed by atoms with Gasteiger partial charge in [-0.05, 0) is 54.1 Å². The zero-order valence-corrected chi connectivity index (χ0v) is 20.7. The zero-order valence-electron chi connectivity index (χ0n) is 20.7.